The number of fused-ring (bicyclic) bond motifs is 1. The van der Waals surface area contributed by atoms with Gasteiger partial charge in [0.25, 0.3) is 10.0 Å². The van der Waals surface area contributed by atoms with Crippen LogP contribution in [0.15, 0.2) is 47.4 Å². The Morgan fingerprint density at radius 2 is 1.87 bits per heavy atom. The van der Waals surface area contributed by atoms with Crippen LogP contribution < -0.4 is 14.4 Å². The molecule has 0 aliphatic carbocycles. The Bertz CT molecular complexity index is 1350. The lowest BCUT2D eigenvalue weighted by molar-refractivity contribution is -0.137. The predicted molar refractivity (Wildman–Crippen MR) is 134 cm³/mol. The van der Waals surface area contributed by atoms with Gasteiger partial charge in [0.1, 0.15) is 24.2 Å². The Kier molecular flexibility index (Phi) is 7.72. The molecule has 0 saturated carbocycles. The molecule has 14 heteroatoms. The molecule has 0 bridgehead atoms. The van der Waals surface area contributed by atoms with Crippen molar-refractivity contribution >= 4 is 33.4 Å². The van der Waals surface area contributed by atoms with Crippen LogP contribution in [0.25, 0.3) is 0 Å². The highest BCUT2D eigenvalue weighted by Crippen LogP contribution is 2.40. The second-order valence-corrected chi connectivity index (χ2v) is 11.9. The highest BCUT2D eigenvalue weighted by Gasteiger charge is 2.38. The van der Waals surface area contributed by atoms with E-state index in [-0.39, 0.29) is 42.7 Å². The molecule has 2 aromatic carbocycles. The molecule has 212 valence electrons. The average Bonchev–Trinajstić information content (AvgIpc) is 3.37. The molecule has 1 fully saturated rings. The minimum Gasteiger partial charge on any atom is -0.486 e. The third-order valence-electron chi connectivity index (χ3n) is 5.79. The predicted octanol–water partition coefficient (Wildman–Crippen LogP) is 4.22. The van der Waals surface area contributed by atoms with Crippen LogP contribution in [0.3, 0.4) is 0 Å². The number of benzene rings is 2. The molecule has 4 rings (SSSR count). The van der Waals surface area contributed by atoms with Gasteiger partial charge in [0.2, 0.25) is 5.91 Å². The first-order valence-corrected chi connectivity index (χ1v) is 13.4. The molecule has 0 aromatic heterocycles. The van der Waals surface area contributed by atoms with Crippen molar-refractivity contribution in [2.75, 3.05) is 36.0 Å². The number of alkyl halides is 3. The summed E-state index contributed by atoms with van der Waals surface area (Å²) in [5, 5.41) is 2.51. The number of hydrogen-bond donors (Lipinski definition) is 1. The van der Waals surface area contributed by atoms with Gasteiger partial charge in [-0.15, -0.1) is 0 Å². The normalized spacial score (nSPS) is 17.8. The van der Waals surface area contributed by atoms with Crippen LogP contribution in [0.1, 0.15) is 32.8 Å². The molecular formula is C25H28F3N3O7S. The van der Waals surface area contributed by atoms with Crippen molar-refractivity contribution < 1.29 is 45.4 Å². The van der Waals surface area contributed by atoms with Gasteiger partial charge in [-0.3, -0.25) is 14.4 Å². The lowest BCUT2D eigenvalue weighted by atomic mass is 10.1. The van der Waals surface area contributed by atoms with Gasteiger partial charge in [-0.1, -0.05) is 6.07 Å². The first-order chi connectivity index (χ1) is 18.1. The van der Waals surface area contributed by atoms with Gasteiger partial charge in [-0.2, -0.15) is 13.2 Å². The van der Waals surface area contributed by atoms with Crippen LogP contribution in [0, 0.1) is 0 Å². The maximum Gasteiger partial charge on any atom is 0.416 e. The maximum absolute atomic E-state index is 13.7. The Morgan fingerprint density at radius 3 is 2.51 bits per heavy atom. The van der Waals surface area contributed by atoms with E-state index in [9.17, 15) is 31.2 Å². The summed E-state index contributed by atoms with van der Waals surface area (Å²) in [7, 11) is -4.56. The van der Waals surface area contributed by atoms with E-state index in [0.29, 0.717) is 19.2 Å². The summed E-state index contributed by atoms with van der Waals surface area (Å²) >= 11 is 0. The Hall–Kier alpha value is -3.52. The number of ether oxygens (including phenoxy) is 3. The van der Waals surface area contributed by atoms with Crippen LogP contribution in [0.4, 0.5) is 29.3 Å². The zero-order valence-electron chi connectivity index (χ0n) is 21.4. The average molecular weight is 572 g/mol. The minimum atomic E-state index is -4.76. The number of amides is 2. The van der Waals surface area contributed by atoms with Crippen LogP contribution in [0.2, 0.25) is 0 Å². The van der Waals surface area contributed by atoms with Crippen LogP contribution >= 0.6 is 0 Å². The van der Waals surface area contributed by atoms with Crippen LogP contribution in [-0.4, -0.2) is 63.5 Å². The first kappa shape index (κ1) is 28.5. The number of sulfonamides is 1. The molecule has 1 atom stereocenters. The Labute approximate surface area is 223 Å². The van der Waals surface area contributed by atoms with E-state index in [1.165, 1.54) is 23.1 Å². The topological polar surface area (TPSA) is 114 Å². The maximum atomic E-state index is 13.7. The van der Waals surface area contributed by atoms with E-state index in [0.717, 1.165) is 22.5 Å². The molecule has 1 unspecified atom stereocenters. The molecule has 2 heterocycles. The Balaban J connectivity index is 1.70. The van der Waals surface area contributed by atoms with Gasteiger partial charge >= 0.3 is 12.3 Å². The largest absolute Gasteiger partial charge is 0.486 e. The van der Waals surface area contributed by atoms with E-state index in [2.05, 4.69) is 5.32 Å². The third kappa shape index (κ3) is 6.74. The second kappa shape index (κ2) is 10.6. The van der Waals surface area contributed by atoms with Crippen molar-refractivity contribution in [3.05, 3.63) is 48.0 Å². The van der Waals surface area contributed by atoms with Gasteiger partial charge in [-0.05, 0) is 57.2 Å². The van der Waals surface area contributed by atoms with Gasteiger partial charge in [-0.25, -0.2) is 13.2 Å². The number of nitrogens with one attached hydrogen (secondary N) is 1. The van der Waals surface area contributed by atoms with Crippen molar-refractivity contribution in [1.82, 2.24) is 4.90 Å². The van der Waals surface area contributed by atoms with Gasteiger partial charge in [0.15, 0.2) is 0 Å². The zero-order chi connectivity index (χ0) is 28.6. The molecule has 1 saturated heterocycles. The molecule has 10 nitrogen and oxygen atoms in total. The molecule has 2 aromatic rings. The zero-order valence-corrected chi connectivity index (χ0v) is 22.3. The Morgan fingerprint density at radius 1 is 1.13 bits per heavy atom. The van der Waals surface area contributed by atoms with Gasteiger partial charge in [0, 0.05) is 12.2 Å². The molecule has 2 aliphatic rings. The summed E-state index contributed by atoms with van der Waals surface area (Å²) in [6, 6.07) is 7.57. The lowest BCUT2D eigenvalue weighted by Gasteiger charge is -2.36. The fourth-order valence-corrected chi connectivity index (χ4v) is 5.58. The standard InChI is InChI=1S/C25H28F3N3O7S/c1-24(2,3)38-23(33)29-17-7-8-21-20(12-17)31(14-18(37-21)13-22(32)30-9-10-36-15-30)39(34,35)19-6-4-5-16(11-19)25(26,27)28/h4-8,11-12,18H,9-10,13-15H2,1-3H3,(H,29,33). The van der Waals surface area contributed by atoms with E-state index < -0.39 is 44.5 Å². The minimum absolute atomic E-state index is 0.0193. The summed E-state index contributed by atoms with van der Waals surface area (Å²) in [5.74, 6) is -0.248. The van der Waals surface area contributed by atoms with Gasteiger partial charge < -0.3 is 19.1 Å². The molecule has 1 N–H and O–H groups in total. The van der Waals surface area contributed by atoms with Crippen LogP contribution in [0.5, 0.6) is 5.75 Å². The number of rotatable bonds is 5. The summed E-state index contributed by atoms with van der Waals surface area (Å²) in [5.41, 5.74) is -1.77. The molecule has 0 spiro atoms. The smallest absolute Gasteiger partial charge is 0.416 e. The summed E-state index contributed by atoms with van der Waals surface area (Å²) in [4.78, 5) is 25.8. The van der Waals surface area contributed by atoms with E-state index in [1.807, 2.05) is 0 Å². The number of anilines is 2. The summed E-state index contributed by atoms with van der Waals surface area (Å²) in [6.45, 7) is 5.53. The van der Waals surface area contributed by atoms with Crippen LogP contribution in [-0.2, 0) is 30.5 Å². The summed E-state index contributed by atoms with van der Waals surface area (Å²) in [6.07, 6.45) is -6.67. The summed E-state index contributed by atoms with van der Waals surface area (Å²) < 4.78 is 84.7. The number of carbonyl (C=O) groups is 2. The molecular weight excluding hydrogens is 543 g/mol. The fraction of sp³-hybridized carbons (Fsp3) is 0.440. The molecule has 2 amide bonds. The van der Waals surface area contributed by atoms with Crippen molar-refractivity contribution in [2.45, 2.75) is 50.0 Å². The van der Waals surface area contributed by atoms with Gasteiger partial charge in [0.05, 0.1) is 35.7 Å². The van der Waals surface area contributed by atoms with E-state index in [1.54, 1.807) is 20.8 Å². The highest BCUT2D eigenvalue weighted by molar-refractivity contribution is 7.92. The SMILES string of the molecule is CC(C)(C)OC(=O)Nc1ccc2c(c1)N(S(=O)(=O)c1cccc(C(F)(F)F)c1)CC(CC(=O)N1CCOC1)O2. The van der Waals surface area contributed by atoms with Crippen molar-refractivity contribution in [3.63, 3.8) is 0 Å². The monoisotopic (exact) mass is 571 g/mol. The quantitative estimate of drug-likeness (QED) is 0.572. The first-order valence-electron chi connectivity index (χ1n) is 12.0. The van der Waals surface area contributed by atoms with Crippen molar-refractivity contribution in [1.29, 1.82) is 0 Å². The number of carbonyl (C=O) groups excluding carboxylic acids is 2. The molecule has 39 heavy (non-hydrogen) atoms. The fourth-order valence-electron chi connectivity index (χ4n) is 4.04. The number of hydrogen-bond acceptors (Lipinski definition) is 7. The van der Waals surface area contributed by atoms with E-state index in [4.69, 9.17) is 14.2 Å². The molecule has 0 radical (unpaired) electrons. The second-order valence-electron chi connectivity index (χ2n) is 10.0. The molecule has 2 aliphatic heterocycles. The highest BCUT2D eigenvalue weighted by atomic mass is 32.2. The number of halogens is 3. The van der Waals surface area contributed by atoms with E-state index >= 15 is 0 Å². The number of nitrogens with zero attached hydrogens (tertiary/aromatic N) is 2. The van der Waals surface area contributed by atoms with Crippen molar-refractivity contribution in [3.8, 4) is 5.75 Å². The third-order valence-corrected chi connectivity index (χ3v) is 7.57. The lowest BCUT2D eigenvalue weighted by Crippen LogP contribution is -2.45. The van der Waals surface area contributed by atoms with Crippen molar-refractivity contribution in [2.24, 2.45) is 0 Å².